The van der Waals surface area contributed by atoms with Crippen molar-refractivity contribution in [2.24, 2.45) is 0 Å². The smallest absolute Gasteiger partial charge is 0.238 e. The summed E-state index contributed by atoms with van der Waals surface area (Å²) in [4.78, 5) is 15.7. The molecule has 0 spiro atoms. The van der Waals surface area contributed by atoms with Gasteiger partial charge in [0, 0.05) is 59.9 Å². The predicted octanol–water partition coefficient (Wildman–Crippen LogP) is 13.2. The zero-order chi connectivity index (χ0) is 37.9. The molecular formula is C51H29N5O2. The number of nitrogens with zero attached hydrogens (tertiary/aromatic N) is 5. The van der Waals surface area contributed by atoms with Gasteiger partial charge in [-0.25, -0.2) is 4.98 Å². The molecule has 13 aromatic rings. The summed E-state index contributed by atoms with van der Waals surface area (Å²) in [6.07, 6.45) is 0. The molecule has 7 nitrogen and oxygen atoms in total. The number of para-hydroxylation sites is 4. The van der Waals surface area contributed by atoms with E-state index >= 15 is 0 Å². The Hall–Kier alpha value is -8.03. The second-order valence-corrected chi connectivity index (χ2v) is 14.8. The Morgan fingerprint density at radius 3 is 1.62 bits per heavy atom. The van der Waals surface area contributed by atoms with Gasteiger partial charge >= 0.3 is 0 Å². The highest BCUT2D eigenvalue weighted by atomic mass is 16.3. The average Bonchev–Trinajstić information content (AvgIpc) is 4.02. The number of benzene rings is 8. The molecule has 0 fully saturated rings. The van der Waals surface area contributed by atoms with E-state index in [2.05, 4.69) is 124 Å². The van der Waals surface area contributed by atoms with Crippen LogP contribution in [0.4, 0.5) is 0 Å². The molecule has 5 aromatic heterocycles. The van der Waals surface area contributed by atoms with Crippen LogP contribution in [0.3, 0.4) is 0 Å². The van der Waals surface area contributed by atoms with Crippen molar-refractivity contribution in [3.8, 4) is 34.4 Å². The number of aromatic nitrogens is 5. The fraction of sp³-hybridized carbons (Fsp3) is 0. The number of fused-ring (bicyclic) bond motifs is 12. The van der Waals surface area contributed by atoms with Gasteiger partial charge in [0.25, 0.3) is 0 Å². The summed E-state index contributed by atoms with van der Waals surface area (Å²) >= 11 is 0. The van der Waals surface area contributed by atoms with Crippen LogP contribution in [0.15, 0.2) is 185 Å². The molecule has 0 aliphatic heterocycles. The minimum Gasteiger partial charge on any atom is -0.456 e. The zero-order valence-corrected chi connectivity index (χ0v) is 30.8. The second kappa shape index (κ2) is 11.7. The maximum Gasteiger partial charge on any atom is 0.238 e. The highest BCUT2D eigenvalue weighted by Crippen LogP contribution is 2.42. The van der Waals surface area contributed by atoms with Crippen molar-refractivity contribution in [2.45, 2.75) is 0 Å². The third-order valence-corrected chi connectivity index (χ3v) is 11.6. The zero-order valence-electron chi connectivity index (χ0n) is 30.8. The SMILES string of the molecule is c1ccc(-c2nc(-c3cccc4oc5ccccc5c34)nc(-n3c4ccccc4c4cc5oc6cc7c8ccccc8n(-c8ccccc8)c7cc6c5cc43)n2)cc1. The molecule has 0 saturated carbocycles. The molecule has 0 atom stereocenters. The third kappa shape index (κ3) is 4.41. The lowest BCUT2D eigenvalue weighted by molar-refractivity contribution is 0.669. The van der Waals surface area contributed by atoms with Crippen LogP contribution in [0.2, 0.25) is 0 Å². The molecule has 13 rings (SSSR count). The van der Waals surface area contributed by atoms with Crippen molar-refractivity contribution in [3.05, 3.63) is 176 Å². The number of furan rings is 2. The minimum atomic E-state index is 0.526. The third-order valence-electron chi connectivity index (χ3n) is 11.6. The molecule has 5 heterocycles. The Balaban J connectivity index is 1.11. The number of rotatable bonds is 4. The first-order chi connectivity index (χ1) is 28.7. The van der Waals surface area contributed by atoms with Crippen LogP contribution in [0.1, 0.15) is 0 Å². The van der Waals surface area contributed by atoms with Crippen LogP contribution in [0.5, 0.6) is 0 Å². The fourth-order valence-electron chi connectivity index (χ4n) is 9.03. The molecule has 0 bridgehead atoms. The van der Waals surface area contributed by atoms with E-state index in [4.69, 9.17) is 23.8 Å². The highest BCUT2D eigenvalue weighted by molar-refractivity contribution is 6.21. The van der Waals surface area contributed by atoms with E-state index < -0.39 is 0 Å². The highest BCUT2D eigenvalue weighted by Gasteiger charge is 2.23. The minimum absolute atomic E-state index is 0.526. The van der Waals surface area contributed by atoms with E-state index in [1.807, 2.05) is 60.7 Å². The first kappa shape index (κ1) is 31.2. The molecule has 58 heavy (non-hydrogen) atoms. The summed E-state index contributed by atoms with van der Waals surface area (Å²) < 4.78 is 17.6. The Labute approximate surface area is 329 Å². The maximum absolute atomic E-state index is 6.75. The van der Waals surface area contributed by atoms with Crippen molar-refractivity contribution in [3.63, 3.8) is 0 Å². The lowest BCUT2D eigenvalue weighted by Crippen LogP contribution is -2.06. The summed E-state index contributed by atoms with van der Waals surface area (Å²) in [5, 5.41) is 8.52. The molecule has 0 radical (unpaired) electrons. The van der Waals surface area contributed by atoms with Gasteiger partial charge in [0.2, 0.25) is 5.95 Å². The van der Waals surface area contributed by atoms with Crippen molar-refractivity contribution >= 4 is 87.5 Å². The molecule has 8 aromatic carbocycles. The second-order valence-electron chi connectivity index (χ2n) is 14.8. The van der Waals surface area contributed by atoms with Crippen molar-refractivity contribution < 1.29 is 8.83 Å². The largest absolute Gasteiger partial charge is 0.456 e. The van der Waals surface area contributed by atoms with Gasteiger partial charge in [0.15, 0.2) is 11.6 Å². The first-order valence-electron chi connectivity index (χ1n) is 19.4. The van der Waals surface area contributed by atoms with Crippen molar-refractivity contribution in [1.29, 1.82) is 0 Å². The van der Waals surface area contributed by atoms with E-state index in [0.29, 0.717) is 17.6 Å². The molecule has 270 valence electrons. The molecule has 0 saturated heterocycles. The van der Waals surface area contributed by atoms with Crippen LogP contribution in [-0.2, 0) is 0 Å². The summed E-state index contributed by atoms with van der Waals surface area (Å²) in [6, 6.07) is 60.8. The standard InChI is InChI=1S/C51H29N5O2/c1-3-14-30(15-4-1)49-52-50(35-21-13-25-45-48(35)34-20-9-12-24-44(34)57-45)54-51(53-49)56-41-23-11-8-19-33(41)37-29-47-39(27-43(37)56)38-26-42-36(28-46(38)58-47)32-18-7-10-22-40(32)55(42)31-16-5-2-6-17-31/h1-29H. The number of hydrogen-bond acceptors (Lipinski definition) is 5. The van der Waals surface area contributed by atoms with Gasteiger partial charge in [0.1, 0.15) is 22.3 Å². The first-order valence-corrected chi connectivity index (χ1v) is 19.4. The van der Waals surface area contributed by atoms with E-state index in [1.54, 1.807) is 0 Å². The summed E-state index contributed by atoms with van der Waals surface area (Å²) in [6.45, 7) is 0. The normalized spacial score (nSPS) is 12.1. The quantitative estimate of drug-likeness (QED) is 0.179. The Morgan fingerprint density at radius 1 is 0.345 bits per heavy atom. The Kier molecular flexibility index (Phi) is 6.32. The van der Waals surface area contributed by atoms with Crippen molar-refractivity contribution in [2.75, 3.05) is 0 Å². The Morgan fingerprint density at radius 2 is 0.897 bits per heavy atom. The van der Waals surface area contributed by atoms with Crippen LogP contribution in [-0.4, -0.2) is 24.1 Å². The van der Waals surface area contributed by atoms with Crippen LogP contribution >= 0.6 is 0 Å². The fourth-order valence-corrected chi connectivity index (χ4v) is 9.03. The molecule has 0 aliphatic carbocycles. The van der Waals surface area contributed by atoms with Crippen LogP contribution < -0.4 is 0 Å². The maximum atomic E-state index is 6.75. The van der Waals surface area contributed by atoms with Gasteiger partial charge in [0.05, 0.1) is 22.1 Å². The Bertz CT molecular complexity index is 3800. The van der Waals surface area contributed by atoms with Crippen LogP contribution in [0, 0.1) is 0 Å². The van der Waals surface area contributed by atoms with Gasteiger partial charge in [-0.15, -0.1) is 0 Å². The lowest BCUT2D eigenvalue weighted by atomic mass is 10.1. The van der Waals surface area contributed by atoms with E-state index in [-0.39, 0.29) is 0 Å². The van der Waals surface area contributed by atoms with Gasteiger partial charge in [-0.05, 0) is 60.7 Å². The van der Waals surface area contributed by atoms with Crippen LogP contribution in [0.25, 0.3) is 122 Å². The summed E-state index contributed by atoms with van der Waals surface area (Å²) in [5.74, 6) is 1.68. The molecular weight excluding hydrogens is 715 g/mol. The molecule has 0 N–H and O–H groups in total. The summed E-state index contributed by atoms with van der Waals surface area (Å²) in [5.41, 5.74) is 10.4. The average molecular weight is 744 g/mol. The monoisotopic (exact) mass is 743 g/mol. The number of hydrogen-bond donors (Lipinski definition) is 0. The van der Waals surface area contributed by atoms with Gasteiger partial charge in [-0.3, -0.25) is 4.57 Å². The van der Waals surface area contributed by atoms with Crippen molar-refractivity contribution in [1.82, 2.24) is 24.1 Å². The molecule has 0 unspecified atom stereocenters. The molecule has 0 aliphatic rings. The molecule has 7 heteroatoms. The predicted molar refractivity (Wildman–Crippen MR) is 234 cm³/mol. The molecule has 0 amide bonds. The van der Waals surface area contributed by atoms with E-state index in [0.717, 1.165) is 98.9 Å². The van der Waals surface area contributed by atoms with Gasteiger partial charge in [-0.2, -0.15) is 9.97 Å². The van der Waals surface area contributed by atoms with Gasteiger partial charge < -0.3 is 13.4 Å². The van der Waals surface area contributed by atoms with E-state index in [9.17, 15) is 0 Å². The van der Waals surface area contributed by atoms with E-state index in [1.165, 1.54) is 5.39 Å². The van der Waals surface area contributed by atoms with Gasteiger partial charge in [-0.1, -0.05) is 115 Å². The lowest BCUT2D eigenvalue weighted by Gasteiger charge is -2.11. The topological polar surface area (TPSA) is 74.8 Å². The summed E-state index contributed by atoms with van der Waals surface area (Å²) in [7, 11) is 0.